The maximum Gasteiger partial charge on any atom is 0.390 e. The zero-order valence-corrected chi connectivity index (χ0v) is 24.4. The predicted octanol–water partition coefficient (Wildman–Crippen LogP) is 5.30. The Morgan fingerprint density at radius 3 is 2.33 bits per heavy atom. The summed E-state index contributed by atoms with van der Waals surface area (Å²) in [5.41, 5.74) is -1.90. The molecule has 0 bridgehead atoms. The third-order valence-corrected chi connectivity index (χ3v) is 8.61. The summed E-state index contributed by atoms with van der Waals surface area (Å²) in [7, 11) is -0.511. The topological polar surface area (TPSA) is 109 Å². The fourth-order valence-corrected chi connectivity index (χ4v) is 6.18. The molecule has 0 spiro atoms. The first-order valence-corrected chi connectivity index (χ1v) is 15.1. The second-order valence-corrected chi connectivity index (χ2v) is 12.8. The zero-order valence-electron chi connectivity index (χ0n) is 23.6. The molecule has 1 saturated carbocycles. The average molecular weight is 617 g/mol. The van der Waals surface area contributed by atoms with Gasteiger partial charge in [0.05, 0.1) is 23.4 Å². The number of benzene rings is 1. The molecule has 0 aliphatic heterocycles. The molecule has 0 unspecified atom stereocenters. The third-order valence-electron chi connectivity index (χ3n) is 7.34. The minimum atomic E-state index is -4.75. The van der Waals surface area contributed by atoms with Crippen molar-refractivity contribution in [3.8, 4) is 11.1 Å². The van der Waals surface area contributed by atoms with Crippen LogP contribution in [0.2, 0.25) is 0 Å². The number of fused-ring (bicyclic) bond motifs is 1. The summed E-state index contributed by atoms with van der Waals surface area (Å²) in [6.45, 7) is 3.47. The molecule has 3 aromatic rings. The van der Waals surface area contributed by atoms with Crippen molar-refractivity contribution in [1.82, 2.24) is 19.4 Å². The van der Waals surface area contributed by atoms with Gasteiger partial charge in [-0.3, -0.25) is 14.1 Å². The lowest BCUT2D eigenvalue weighted by Crippen LogP contribution is -2.36. The number of anilines is 2. The number of hydrogen-bond donors (Lipinski definition) is 2. The Morgan fingerprint density at radius 1 is 1.07 bits per heavy atom. The molecule has 0 saturated heterocycles. The van der Waals surface area contributed by atoms with Crippen LogP contribution in [0.4, 0.5) is 33.6 Å². The predicted molar refractivity (Wildman–Crippen MR) is 151 cm³/mol. The van der Waals surface area contributed by atoms with E-state index in [2.05, 4.69) is 34.3 Å². The summed E-state index contributed by atoms with van der Waals surface area (Å²) in [5.74, 6) is -4.21. The first-order chi connectivity index (χ1) is 19.6. The van der Waals surface area contributed by atoms with E-state index in [0.717, 1.165) is 37.8 Å². The highest BCUT2D eigenvalue weighted by Crippen LogP contribution is 2.31. The number of pyridine rings is 1. The van der Waals surface area contributed by atoms with Crippen molar-refractivity contribution in [2.75, 3.05) is 29.9 Å². The maximum absolute atomic E-state index is 15.2. The first-order valence-electron chi connectivity index (χ1n) is 13.5. The fourth-order valence-electron chi connectivity index (χ4n) is 5.09. The lowest BCUT2D eigenvalue weighted by Gasteiger charge is -2.33. The summed E-state index contributed by atoms with van der Waals surface area (Å²) in [5, 5.41) is 3.72. The largest absolute Gasteiger partial charge is 0.390 e. The molecule has 42 heavy (non-hydrogen) atoms. The van der Waals surface area contributed by atoms with E-state index < -0.39 is 62.9 Å². The summed E-state index contributed by atoms with van der Waals surface area (Å²) >= 11 is 0. The Balaban J connectivity index is 1.66. The van der Waals surface area contributed by atoms with Gasteiger partial charge in [-0.05, 0) is 71.8 Å². The second-order valence-electron chi connectivity index (χ2n) is 11.0. The van der Waals surface area contributed by atoms with E-state index >= 15 is 4.39 Å². The average Bonchev–Trinajstić information content (AvgIpc) is 2.90. The van der Waals surface area contributed by atoms with Crippen LogP contribution in [0.3, 0.4) is 0 Å². The van der Waals surface area contributed by atoms with E-state index in [9.17, 15) is 30.8 Å². The second kappa shape index (κ2) is 12.1. The molecule has 2 aromatic heterocycles. The molecule has 15 heteroatoms. The summed E-state index contributed by atoms with van der Waals surface area (Å²) in [6.07, 6.45) is -1.02. The van der Waals surface area contributed by atoms with Gasteiger partial charge in [-0.2, -0.15) is 18.2 Å². The smallest absolute Gasteiger partial charge is 0.351 e. The standard InChI is InChI=1S/C27H33F5N6O3S/c1-15(2)38-24-16(14-33-26(35-24)34-17-5-7-18(8-6-17)37(3)4)13-20(25(38)39)19-9-10-21(23(29)22(19)28)36-42(40,41)12-11-27(30,31)32/h9-10,13-15,17-18,36H,5-8,11-12H2,1-4H3,(H,33,34,35)/t17-,18-. The van der Waals surface area contributed by atoms with E-state index in [4.69, 9.17) is 0 Å². The van der Waals surface area contributed by atoms with Gasteiger partial charge in [0.25, 0.3) is 5.56 Å². The van der Waals surface area contributed by atoms with Crippen molar-refractivity contribution in [3.05, 3.63) is 46.4 Å². The minimum absolute atomic E-state index is 0.165. The van der Waals surface area contributed by atoms with Gasteiger partial charge in [0.2, 0.25) is 16.0 Å². The summed E-state index contributed by atoms with van der Waals surface area (Å²) in [4.78, 5) is 24.7. The molecule has 0 radical (unpaired) electrons. The van der Waals surface area contributed by atoms with Crippen molar-refractivity contribution in [1.29, 1.82) is 0 Å². The van der Waals surface area contributed by atoms with Crippen LogP contribution in [0.1, 0.15) is 52.0 Å². The van der Waals surface area contributed by atoms with Crippen LogP contribution < -0.4 is 15.6 Å². The lowest BCUT2D eigenvalue weighted by atomic mass is 9.91. The number of alkyl halides is 3. The summed E-state index contributed by atoms with van der Waals surface area (Å²) < 4.78 is 94.5. The van der Waals surface area contributed by atoms with Crippen molar-refractivity contribution in [2.45, 2.75) is 70.3 Å². The van der Waals surface area contributed by atoms with Gasteiger partial charge >= 0.3 is 6.18 Å². The van der Waals surface area contributed by atoms with Crippen molar-refractivity contribution >= 4 is 32.7 Å². The normalized spacial score (nSPS) is 18.2. The first kappa shape index (κ1) is 31.6. The highest BCUT2D eigenvalue weighted by molar-refractivity contribution is 7.92. The Bertz CT molecular complexity index is 1620. The van der Waals surface area contributed by atoms with E-state index in [0.29, 0.717) is 23.0 Å². The van der Waals surface area contributed by atoms with Crippen LogP contribution in [0, 0.1) is 11.6 Å². The van der Waals surface area contributed by atoms with Crippen LogP contribution in [0.15, 0.2) is 29.2 Å². The molecule has 1 aromatic carbocycles. The van der Waals surface area contributed by atoms with Gasteiger partial charge in [0, 0.05) is 35.3 Å². The van der Waals surface area contributed by atoms with Gasteiger partial charge in [-0.15, -0.1) is 0 Å². The molecule has 1 aliphatic carbocycles. The van der Waals surface area contributed by atoms with Crippen LogP contribution in [0.5, 0.6) is 0 Å². The van der Waals surface area contributed by atoms with Crippen molar-refractivity contribution in [2.24, 2.45) is 0 Å². The van der Waals surface area contributed by atoms with Gasteiger partial charge < -0.3 is 10.2 Å². The van der Waals surface area contributed by atoms with E-state index in [1.807, 2.05) is 0 Å². The lowest BCUT2D eigenvalue weighted by molar-refractivity contribution is -0.129. The number of rotatable bonds is 9. The Labute approximate surface area is 240 Å². The Hall–Kier alpha value is -3.33. The molecule has 2 N–H and O–H groups in total. The molecule has 0 amide bonds. The number of sulfonamides is 1. The highest BCUT2D eigenvalue weighted by Gasteiger charge is 2.31. The van der Waals surface area contributed by atoms with Crippen molar-refractivity contribution < 1.29 is 30.4 Å². The number of hydrogen-bond acceptors (Lipinski definition) is 7. The van der Waals surface area contributed by atoms with Crippen LogP contribution in [-0.4, -0.2) is 66.0 Å². The van der Waals surface area contributed by atoms with Crippen LogP contribution in [-0.2, 0) is 10.0 Å². The Morgan fingerprint density at radius 2 is 1.74 bits per heavy atom. The number of aromatic nitrogens is 3. The highest BCUT2D eigenvalue weighted by atomic mass is 32.2. The number of nitrogens with zero attached hydrogens (tertiary/aromatic N) is 4. The molecule has 1 fully saturated rings. The molecule has 9 nitrogen and oxygen atoms in total. The van der Waals surface area contributed by atoms with E-state index in [1.54, 1.807) is 18.6 Å². The summed E-state index contributed by atoms with van der Waals surface area (Å²) in [6, 6.07) is 3.43. The quantitative estimate of drug-likeness (QED) is 0.314. The van der Waals surface area contributed by atoms with E-state index in [1.165, 1.54) is 16.8 Å². The zero-order chi connectivity index (χ0) is 31.0. The van der Waals surface area contributed by atoms with E-state index in [-0.39, 0.29) is 11.6 Å². The Kier molecular flexibility index (Phi) is 9.11. The number of nitrogens with one attached hydrogen (secondary N) is 2. The van der Waals surface area contributed by atoms with Gasteiger partial charge in [-0.25, -0.2) is 22.2 Å². The van der Waals surface area contributed by atoms with Gasteiger partial charge in [-0.1, -0.05) is 0 Å². The molecule has 4 rings (SSSR count). The maximum atomic E-state index is 15.2. The fraction of sp³-hybridized carbons (Fsp3) is 0.519. The third kappa shape index (κ3) is 7.17. The molecule has 2 heterocycles. The monoisotopic (exact) mass is 616 g/mol. The molecular formula is C27H33F5N6O3S. The van der Waals surface area contributed by atoms with Gasteiger partial charge in [0.15, 0.2) is 11.6 Å². The van der Waals surface area contributed by atoms with Crippen LogP contribution in [0.25, 0.3) is 22.2 Å². The molecule has 230 valence electrons. The van der Waals surface area contributed by atoms with Crippen molar-refractivity contribution in [3.63, 3.8) is 0 Å². The SMILES string of the molecule is CC(C)n1c(=O)c(-c2ccc(NS(=O)(=O)CCC(F)(F)F)c(F)c2F)cc2cnc(N[C@H]3CC[C@H](N(C)C)CC3)nc21. The van der Waals surface area contributed by atoms with Crippen LogP contribution >= 0.6 is 0 Å². The minimum Gasteiger partial charge on any atom is -0.351 e. The molecular weight excluding hydrogens is 583 g/mol. The van der Waals surface area contributed by atoms with Gasteiger partial charge in [0.1, 0.15) is 5.65 Å². The molecule has 0 atom stereocenters. The number of halogens is 5. The molecule has 1 aliphatic rings.